The summed E-state index contributed by atoms with van der Waals surface area (Å²) in [6.45, 7) is 0.0438. The summed E-state index contributed by atoms with van der Waals surface area (Å²) in [5.74, 6) is 0.0179. The van der Waals surface area contributed by atoms with Gasteiger partial charge in [-0.3, -0.25) is 9.59 Å². The predicted octanol–water partition coefficient (Wildman–Crippen LogP) is 2.36. The summed E-state index contributed by atoms with van der Waals surface area (Å²) in [6, 6.07) is 7.50. The van der Waals surface area contributed by atoms with Crippen LogP contribution >= 0.6 is 15.9 Å². The number of carbonyl (C=O) groups excluding carboxylic acids is 2. The molecule has 1 aliphatic carbocycles. The van der Waals surface area contributed by atoms with Crippen molar-refractivity contribution in [3.8, 4) is 0 Å². The molecule has 120 valence electrons. The molecule has 0 spiro atoms. The standard InChI is InChI=1S/C16H22BrN3O2/c1-20(16(22)9-11-5-4-7-13(11)18)10-15(21)19-14-8-3-2-6-12(14)17/h2-3,6,8,11,13H,4-5,7,9-10,18H2,1H3,(H,19,21)/t11-,13+/m0/s1. The zero-order valence-electron chi connectivity index (χ0n) is 12.7. The first-order chi connectivity index (χ1) is 10.5. The molecule has 1 aromatic rings. The van der Waals surface area contributed by atoms with Crippen LogP contribution in [-0.4, -0.2) is 36.3 Å². The molecular formula is C16H22BrN3O2. The SMILES string of the molecule is CN(CC(=O)Nc1ccccc1Br)C(=O)C[C@@H]1CCC[C@H]1N. The van der Waals surface area contributed by atoms with Crippen LogP contribution in [-0.2, 0) is 9.59 Å². The number of likely N-dealkylation sites (N-methyl/N-ethyl adjacent to an activating group) is 1. The molecule has 0 heterocycles. The first kappa shape index (κ1) is 17.0. The van der Waals surface area contributed by atoms with Gasteiger partial charge in [-0.1, -0.05) is 18.6 Å². The summed E-state index contributed by atoms with van der Waals surface area (Å²) in [5, 5.41) is 2.79. The number of hydrogen-bond donors (Lipinski definition) is 2. The topological polar surface area (TPSA) is 75.4 Å². The highest BCUT2D eigenvalue weighted by Gasteiger charge is 2.27. The molecule has 5 nitrogen and oxygen atoms in total. The second-order valence-electron chi connectivity index (χ2n) is 5.84. The lowest BCUT2D eigenvalue weighted by Crippen LogP contribution is -2.37. The van der Waals surface area contributed by atoms with E-state index in [1.165, 1.54) is 4.90 Å². The molecule has 22 heavy (non-hydrogen) atoms. The van der Waals surface area contributed by atoms with Gasteiger partial charge in [-0.05, 0) is 46.8 Å². The van der Waals surface area contributed by atoms with Gasteiger partial charge in [0.25, 0.3) is 0 Å². The lowest BCUT2D eigenvalue weighted by Gasteiger charge is -2.21. The van der Waals surface area contributed by atoms with Crippen molar-refractivity contribution in [1.29, 1.82) is 0 Å². The summed E-state index contributed by atoms with van der Waals surface area (Å²) >= 11 is 3.38. The van der Waals surface area contributed by atoms with Crippen LogP contribution in [0.15, 0.2) is 28.7 Å². The minimum atomic E-state index is -0.210. The Morgan fingerprint density at radius 2 is 2.09 bits per heavy atom. The third kappa shape index (κ3) is 4.55. The van der Waals surface area contributed by atoms with Gasteiger partial charge in [0, 0.05) is 24.0 Å². The average Bonchev–Trinajstić information content (AvgIpc) is 2.86. The van der Waals surface area contributed by atoms with Crippen LogP contribution in [0.2, 0.25) is 0 Å². The molecule has 3 N–H and O–H groups in total. The molecule has 0 bridgehead atoms. The minimum Gasteiger partial charge on any atom is -0.336 e. The van der Waals surface area contributed by atoms with Crippen molar-refractivity contribution in [2.75, 3.05) is 18.9 Å². The Balaban J connectivity index is 1.83. The van der Waals surface area contributed by atoms with E-state index < -0.39 is 0 Å². The van der Waals surface area contributed by atoms with Crippen molar-refractivity contribution in [1.82, 2.24) is 4.90 Å². The first-order valence-electron chi connectivity index (χ1n) is 7.51. The van der Waals surface area contributed by atoms with Crippen LogP contribution in [0, 0.1) is 5.92 Å². The number of rotatable bonds is 5. The van der Waals surface area contributed by atoms with Gasteiger partial charge in [0.1, 0.15) is 0 Å². The Morgan fingerprint density at radius 3 is 2.73 bits per heavy atom. The van der Waals surface area contributed by atoms with Crippen LogP contribution in [0.5, 0.6) is 0 Å². The van der Waals surface area contributed by atoms with E-state index in [1.54, 1.807) is 13.1 Å². The monoisotopic (exact) mass is 367 g/mol. The smallest absolute Gasteiger partial charge is 0.244 e. The normalized spacial score (nSPS) is 20.7. The van der Waals surface area contributed by atoms with E-state index in [2.05, 4.69) is 21.2 Å². The average molecular weight is 368 g/mol. The molecule has 1 aromatic carbocycles. The molecule has 6 heteroatoms. The number of nitrogens with two attached hydrogens (primary N) is 1. The van der Waals surface area contributed by atoms with E-state index in [9.17, 15) is 9.59 Å². The molecule has 2 rings (SSSR count). The van der Waals surface area contributed by atoms with E-state index in [-0.39, 0.29) is 30.3 Å². The second-order valence-corrected chi connectivity index (χ2v) is 6.69. The molecular weight excluding hydrogens is 346 g/mol. The number of halogens is 1. The summed E-state index contributed by atoms with van der Waals surface area (Å²) in [6.07, 6.45) is 3.51. The molecule has 0 unspecified atom stereocenters. The zero-order valence-corrected chi connectivity index (χ0v) is 14.3. The van der Waals surface area contributed by atoms with Crippen molar-refractivity contribution < 1.29 is 9.59 Å². The quantitative estimate of drug-likeness (QED) is 0.838. The van der Waals surface area contributed by atoms with Crippen molar-refractivity contribution in [3.63, 3.8) is 0 Å². The Labute approximate surface area is 139 Å². The van der Waals surface area contributed by atoms with Crippen LogP contribution in [0.1, 0.15) is 25.7 Å². The maximum absolute atomic E-state index is 12.2. The minimum absolute atomic E-state index is 0.0235. The number of nitrogens with one attached hydrogen (secondary N) is 1. The first-order valence-corrected chi connectivity index (χ1v) is 8.30. The van der Waals surface area contributed by atoms with Crippen molar-refractivity contribution in [3.05, 3.63) is 28.7 Å². The summed E-state index contributed by atoms with van der Waals surface area (Å²) in [4.78, 5) is 25.7. The van der Waals surface area contributed by atoms with Gasteiger partial charge in [-0.2, -0.15) is 0 Å². The van der Waals surface area contributed by atoms with Crippen molar-refractivity contribution in [2.45, 2.75) is 31.7 Å². The van der Waals surface area contributed by atoms with Crippen molar-refractivity contribution >= 4 is 33.4 Å². The third-order valence-electron chi connectivity index (χ3n) is 4.11. The maximum atomic E-state index is 12.2. The highest BCUT2D eigenvalue weighted by molar-refractivity contribution is 9.10. The molecule has 1 saturated carbocycles. The van der Waals surface area contributed by atoms with E-state index in [0.717, 1.165) is 23.7 Å². The highest BCUT2D eigenvalue weighted by atomic mass is 79.9. The molecule has 0 radical (unpaired) electrons. The summed E-state index contributed by atoms with van der Waals surface area (Å²) < 4.78 is 0.814. The van der Waals surface area contributed by atoms with Crippen LogP contribution in [0.4, 0.5) is 5.69 Å². The molecule has 0 aliphatic heterocycles. The summed E-state index contributed by atoms with van der Waals surface area (Å²) in [7, 11) is 1.66. The zero-order chi connectivity index (χ0) is 16.1. The number of hydrogen-bond acceptors (Lipinski definition) is 3. The van der Waals surface area contributed by atoms with Gasteiger partial charge in [0.05, 0.1) is 12.2 Å². The Bertz CT molecular complexity index is 550. The van der Waals surface area contributed by atoms with Gasteiger partial charge in [-0.15, -0.1) is 0 Å². The number of nitrogens with zero attached hydrogens (tertiary/aromatic N) is 1. The number of amides is 2. The number of carbonyl (C=O) groups is 2. The Morgan fingerprint density at radius 1 is 1.36 bits per heavy atom. The fourth-order valence-corrected chi connectivity index (χ4v) is 3.14. The van der Waals surface area contributed by atoms with Crippen molar-refractivity contribution in [2.24, 2.45) is 11.7 Å². The highest BCUT2D eigenvalue weighted by Crippen LogP contribution is 2.27. The molecule has 2 atom stereocenters. The maximum Gasteiger partial charge on any atom is 0.244 e. The summed E-state index contributed by atoms with van der Waals surface area (Å²) in [5.41, 5.74) is 6.69. The second kappa shape index (κ2) is 7.74. The largest absolute Gasteiger partial charge is 0.336 e. The van der Waals surface area contributed by atoms with Crippen LogP contribution in [0.3, 0.4) is 0 Å². The lowest BCUT2D eigenvalue weighted by atomic mass is 9.99. The number of benzene rings is 1. The Hall–Kier alpha value is -1.40. The van der Waals surface area contributed by atoms with E-state index in [0.29, 0.717) is 12.1 Å². The number of anilines is 1. The Kier molecular flexibility index (Phi) is 5.97. The van der Waals surface area contributed by atoms with E-state index in [4.69, 9.17) is 5.73 Å². The van der Waals surface area contributed by atoms with E-state index in [1.807, 2.05) is 18.2 Å². The van der Waals surface area contributed by atoms with Crippen LogP contribution in [0.25, 0.3) is 0 Å². The molecule has 1 aliphatic rings. The molecule has 0 aromatic heterocycles. The molecule has 0 saturated heterocycles. The molecule has 2 amide bonds. The third-order valence-corrected chi connectivity index (χ3v) is 4.80. The predicted molar refractivity (Wildman–Crippen MR) is 90.3 cm³/mol. The van der Waals surface area contributed by atoms with Crippen LogP contribution < -0.4 is 11.1 Å². The lowest BCUT2D eigenvalue weighted by molar-refractivity contribution is -0.134. The fraction of sp³-hybridized carbons (Fsp3) is 0.500. The van der Waals surface area contributed by atoms with E-state index >= 15 is 0 Å². The molecule has 1 fully saturated rings. The van der Waals surface area contributed by atoms with Gasteiger partial charge in [0.15, 0.2) is 0 Å². The van der Waals surface area contributed by atoms with Gasteiger partial charge < -0.3 is 16.0 Å². The van der Waals surface area contributed by atoms with Gasteiger partial charge in [-0.25, -0.2) is 0 Å². The van der Waals surface area contributed by atoms with Gasteiger partial charge in [0.2, 0.25) is 11.8 Å². The fourth-order valence-electron chi connectivity index (χ4n) is 2.75. The number of para-hydroxylation sites is 1. The van der Waals surface area contributed by atoms with Gasteiger partial charge >= 0.3 is 0 Å².